The fourth-order valence-electron chi connectivity index (χ4n) is 0. The summed E-state index contributed by atoms with van der Waals surface area (Å²) in [7, 11) is 0. The molecule has 0 saturated carbocycles. The minimum absolute atomic E-state index is 0. The van der Waals surface area contributed by atoms with Crippen LogP contribution in [0.3, 0.4) is 0 Å². The van der Waals surface area contributed by atoms with E-state index < -0.39 is 17.9 Å². The van der Waals surface area contributed by atoms with Crippen LogP contribution in [-0.2, 0) is 14.4 Å². The summed E-state index contributed by atoms with van der Waals surface area (Å²) in [5.41, 5.74) is 0. The SMILES string of the molecule is C=CC(=O)[O-].C=CC(=O)[O-].C=CC(=O)[O-].[Pr+3]. The first kappa shape index (κ1) is 24.3. The molecule has 6 nitrogen and oxygen atoms in total. The summed E-state index contributed by atoms with van der Waals surface area (Å²) in [6.45, 7) is 8.69. The van der Waals surface area contributed by atoms with E-state index in [0.717, 1.165) is 18.2 Å². The quantitative estimate of drug-likeness (QED) is 0.492. The molecule has 0 unspecified atom stereocenters. The van der Waals surface area contributed by atoms with Gasteiger partial charge >= 0.3 is 41.3 Å². The zero-order valence-electron chi connectivity index (χ0n) is 8.38. The second-order valence-corrected chi connectivity index (χ2v) is 1.57. The molecule has 0 atom stereocenters. The maximum atomic E-state index is 9.14. The van der Waals surface area contributed by atoms with E-state index in [1.165, 1.54) is 0 Å². The van der Waals surface area contributed by atoms with E-state index in [1.807, 2.05) is 0 Å². The molecule has 16 heavy (non-hydrogen) atoms. The summed E-state index contributed by atoms with van der Waals surface area (Å²) in [5.74, 6) is -3.69. The predicted molar refractivity (Wildman–Crippen MR) is 45.6 cm³/mol. The van der Waals surface area contributed by atoms with Crippen molar-refractivity contribution in [1.82, 2.24) is 0 Å². The van der Waals surface area contributed by atoms with Crippen molar-refractivity contribution in [2.24, 2.45) is 0 Å². The Bertz CT molecular complexity index is 216. The molecule has 0 aliphatic carbocycles. The van der Waals surface area contributed by atoms with Crippen LogP contribution in [0.25, 0.3) is 0 Å². The molecule has 0 aliphatic rings. The van der Waals surface area contributed by atoms with Crippen molar-refractivity contribution in [3.8, 4) is 0 Å². The van der Waals surface area contributed by atoms with Crippen LogP contribution in [-0.4, -0.2) is 17.9 Å². The Labute approximate surface area is 126 Å². The van der Waals surface area contributed by atoms with Crippen molar-refractivity contribution in [1.29, 1.82) is 0 Å². The predicted octanol–water partition coefficient (Wildman–Crippen LogP) is -3.23. The minimum Gasteiger partial charge on any atom is -0.545 e. The van der Waals surface area contributed by atoms with E-state index in [0.29, 0.717) is 0 Å². The van der Waals surface area contributed by atoms with Gasteiger partial charge in [0.1, 0.15) is 0 Å². The molecule has 0 saturated heterocycles. The third kappa shape index (κ3) is 75.0. The number of hydrogen-bond acceptors (Lipinski definition) is 6. The van der Waals surface area contributed by atoms with Gasteiger partial charge in [0.25, 0.3) is 0 Å². The van der Waals surface area contributed by atoms with Gasteiger partial charge in [0.2, 0.25) is 0 Å². The average molecular weight is 354 g/mol. The molecule has 0 aromatic rings. The zero-order valence-corrected chi connectivity index (χ0v) is 12.1. The van der Waals surface area contributed by atoms with Crippen molar-refractivity contribution in [3.05, 3.63) is 38.0 Å². The summed E-state index contributed by atoms with van der Waals surface area (Å²) >= 11 is 0. The molecule has 0 N–H and O–H groups in total. The monoisotopic (exact) mass is 354 g/mol. The minimum atomic E-state index is -1.23. The molecule has 0 rings (SSSR count). The largest absolute Gasteiger partial charge is 3.00 e. The molecule has 0 spiro atoms. The Morgan fingerprint density at radius 2 is 0.750 bits per heavy atom. The number of carboxylic acid groups (broad SMARTS) is 3. The summed E-state index contributed by atoms with van der Waals surface area (Å²) in [6, 6.07) is 0. The van der Waals surface area contributed by atoms with Crippen LogP contribution in [0.5, 0.6) is 0 Å². The van der Waals surface area contributed by atoms with Crippen molar-refractivity contribution in [2.45, 2.75) is 0 Å². The number of carbonyl (C=O) groups is 3. The van der Waals surface area contributed by atoms with E-state index in [-0.39, 0.29) is 41.3 Å². The van der Waals surface area contributed by atoms with Crippen molar-refractivity contribution in [3.63, 3.8) is 0 Å². The third-order valence-corrected chi connectivity index (χ3v) is 0.500. The summed E-state index contributed by atoms with van der Waals surface area (Å²) in [4.78, 5) is 27.4. The summed E-state index contributed by atoms with van der Waals surface area (Å²) in [6.07, 6.45) is 2.17. The standard InChI is InChI=1S/3C3H4O2.Pr/c3*1-2-3(4)5;/h3*2H,1H2,(H,4,5);/q;;;+3/p-3. The molecular formula is C9H9O6Pr. The Hall–Kier alpha value is -1.01. The van der Waals surface area contributed by atoms with Crippen LogP contribution in [0.2, 0.25) is 0 Å². The van der Waals surface area contributed by atoms with Crippen LogP contribution < -0.4 is 15.3 Å². The normalized spacial score (nSPS) is 6.00. The first-order chi connectivity index (χ1) is 6.81. The van der Waals surface area contributed by atoms with Crippen LogP contribution in [0.1, 0.15) is 0 Å². The van der Waals surface area contributed by atoms with Gasteiger partial charge in [-0.1, -0.05) is 19.7 Å². The maximum absolute atomic E-state index is 9.14. The molecule has 0 aromatic carbocycles. The fraction of sp³-hybridized carbons (Fsp3) is 0. The maximum Gasteiger partial charge on any atom is 3.00 e. The first-order valence-corrected chi connectivity index (χ1v) is 3.32. The zero-order chi connectivity index (χ0) is 12.9. The molecule has 0 radical (unpaired) electrons. The Morgan fingerprint density at radius 3 is 0.750 bits per heavy atom. The molecule has 0 aliphatic heterocycles. The van der Waals surface area contributed by atoms with Gasteiger partial charge in [0, 0.05) is 0 Å². The van der Waals surface area contributed by atoms with E-state index in [2.05, 4.69) is 19.7 Å². The van der Waals surface area contributed by atoms with Gasteiger partial charge in [-0.3, -0.25) is 0 Å². The molecule has 0 bridgehead atoms. The van der Waals surface area contributed by atoms with Crippen LogP contribution in [0.4, 0.5) is 0 Å². The number of hydrogen-bond donors (Lipinski definition) is 0. The van der Waals surface area contributed by atoms with Gasteiger partial charge in [-0.05, 0) is 18.2 Å². The first-order valence-electron chi connectivity index (χ1n) is 3.32. The van der Waals surface area contributed by atoms with E-state index in [4.69, 9.17) is 29.7 Å². The molecule has 0 fully saturated rings. The summed E-state index contributed by atoms with van der Waals surface area (Å²) in [5, 5.41) is 27.4. The number of carbonyl (C=O) groups excluding carboxylic acids is 3. The molecule has 84 valence electrons. The third-order valence-electron chi connectivity index (χ3n) is 0.500. The Kier molecular flexibility index (Phi) is 29.7. The molecule has 0 heterocycles. The van der Waals surface area contributed by atoms with Gasteiger partial charge in [0.15, 0.2) is 0 Å². The molecule has 0 aromatic heterocycles. The van der Waals surface area contributed by atoms with Crippen molar-refractivity contribution in [2.75, 3.05) is 0 Å². The van der Waals surface area contributed by atoms with Crippen LogP contribution in [0.15, 0.2) is 38.0 Å². The van der Waals surface area contributed by atoms with Crippen molar-refractivity contribution >= 4 is 17.9 Å². The van der Waals surface area contributed by atoms with Gasteiger partial charge in [-0.15, -0.1) is 0 Å². The van der Waals surface area contributed by atoms with Crippen LogP contribution in [0, 0.1) is 41.3 Å². The van der Waals surface area contributed by atoms with Gasteiger partial charge in [0.05, 0.1) is 17.9 Å². The van der Waals surface area contributed by atoms with E-state index in [9.17, 15) is 0 Å². The second-order valence-electron chi connectivity index (χ2n) is 1.57. The van der Waals surface area contributed by atoms with E-state index in [1.54, 1.807) is 0 Å². The average Bonchev–Trinajstić information content (AvgIpc) is 2.19. The molecular weight excluding hydrogens is 345 g/mol. The number of rotatable bonds is 3. The van der Waals surface area contributed by atoms with Gasteiger partial charge in [-0.2, -0.15) is 0 Å². The second kappa shape index (κ2) is 19.5. The van der Waals surface area contributed by atoms with Crippen molar-refractivity contribution < 1.29 is 71.0 Å². The molecule has 0 amide bonds. The Morgan fingerprint density at radius 1 is 0.688 bits per heavy atom. The van der Waals surface area contributed by atoms with Gasteiger partial charge in [-0.25, -0.2) is 0 Å². The molecule has 7 heteroatoms. The number of carboxylic acids is 3. The van der Waals surface area contributed by atoms with E-state index >= 15 is 0 Å². The Balaban J connectivity index is -0.0000000655. The van der Waals surface area contributed by atoms with Gasteiger partial charge < -0.3 is 29.7 Å². The topological polar surface area (TPSA) is 120 Å². The smallest absolute Gasteiger partial charge is 0.545 e. The van der Waals surface area contributed by atoms with Crippen LogP contribution >= 0.6 is 0 Å². The summed E-state index contributed by atoms with van der Waals surface area (Å²) < 4.78 is 0. The number of aliphatic carboxylic acids is 3. The fourth-order valence-corrected chi connectivity index (χ4v) is 0.